The molecule has 1 saturated carbocycles. The van der Waals surface area contributed by atoms with Crippen LogP contribution in [0.3, 0.4) is 0 Å². The number of nitrogens with zero attached hydrogens (tertiary/aromatic N) is 2. The topological polar surface area (TPSA) is 61.8 Å². The Kier molecular flexibility index (Phi) is 5.66. The number of rotatable bonds is 3. The van der Waals surface area contributed by atoms with Crippen LogP contribution in [-0.2, 0) is 9.84 Å². The maximum atomic E-state index is 11.7. The number of likely N-dealkylation sites (tertiary alicyclic amines) is 1. The van der Waals surface area contributed by atoms with E-state index in [0.717, 1.165) is 25.5 Å². The highest BCUT2D eigenvalue weighted by Gasteiger charge is 2.33. The van der Waals surface area contributed by atoms with Crippen LogP contribution < -0.4 is 5.32 Å². The van der Waals surface area contributed by atoms with Gasteiger partial charge in [-0.25, -0.2) is 8.42 Å². The number of hydrogen-bond donors (Lipinski definition) is 1. The summed E-state index contributed by atoms with van der Waals surface area (Å²) in [5, 5.41) is 3.72. The van der Waals surface area contributed by atoms with E-state index in [-0.39, 0.29) is 5.92 Å². The summed E-state index contributed by atoms with van der Waals surface area (Å²) in [5.41, 5.74) is 0.298. The molecular weight excluding hydrogens is 334 g/mol. The first kappa shape index (κ1) is 19.0. The van der Waals surface area contributed by atoms with Crippen LogP contribution in [0, 0.1) is 17.3 Å². The molecule has 1 N–H and O–H groups in total. The van der Waals surface area contributed by atoms with E-state index in [1.807, 2.05) is 0 Å². The molecule has 2 heterocycles. The highest BCUT2D eigenvalue weighted by molar-refractivity contribution is 7.91. The number of nitrogens with one attached hydrogen (secondary N) is 1. The molecule has 144 valence electrons. The van der Waals surface area contributed by atoms with E-state index < -0.39 is 9.84 Å². The molecule has 2 saturated heterocycles. The van der Waals surface area contributed by atoms with E-state index in [1.54, 1.807) is 0 Å². The van der Waals surface area contributed by atoms with Crippen molar-refractivity contribution in [3.63, 3.8) is 0 Å². The monoisotopic (exact) mass is 369 g/mol. The summed E-state index contributed by atoms with van der Waals surface area (Å²) in [6.07, 6.45) is 7.07. The van der Waals surface area contributed by atoms with Gasteiger partial charge in [0.2, 0.25) is 0 Å². The minimum absolute atomic E-state index is 0.195. The van der Waals surface area contributed by atoms with Gasteiger partial charge in [0.25, 0.3) is 0 Å². The van der Waals surface area contributed by atoms with Crippen molar-refractivity contribution < 1.29 is 8.42 Å². The number of aliphatic imine (C=N–C) groups is 1. The highest BCUT2D eigenvalue weighted by atomic mass is 32.2. The maximum Gasteiger partial charge on any atom is 0.194 e. The molecule has 3 rings (SSSR count). The van der Waals surface area contributed by atoms with Crippen LogP contribution in [0.5, 0.6) is 0 Å². The van der Waals surface area contributed by atoms with Crippen LogP contribution in [0.4, 0.5) is 0 Å². The average Bonchev–Trinajstić information content (AvgIpc) is 3.10. The second-order valence-electron chi connectivity index (χ2n) is 9.41. The number of hydrogen-bond acceptors (Lipinski definition) is 3. The van der Waals surface area contributed by atoms with Gasteiger partial charge in [0, 0.05) is 25.7 Å². The molecule has 2 aliphatic heterocycles. The molecule has 3 aliphatic rings. The summed E-state index contributed by atoms with van der Waals surface area (Å²) in [6, 6.07) is 0.534. The smallest absolute Gasteiger partial charge is 0.194 e. The molecule has 0 bridgehead atoms. The maximum absolute atomic E-state index is 11.7. The molecule has 2 unspecified atom stereocenters. The van der Waals surface area contributed by atoms with Gasteiger partial charge in [0.05, 0.1) is 11.5 Å². The summed E-state index contributed by atoms with van der Waals surface area (Å²) in [7, 11) is -2.82. The van der Waals surface area contributed by atoms with E-state index in [4.69, 9.17) is 4.99 Å². The van der Waals surface area contributed by atoms with Gasteiger partial charge in [-0.05, 0) is 42.9 Å². The van der Waals surface area contributed by atoms with Gasteiger partial charge in [-0.2, -0.15) is 0 Å². The predicted octanol–water partition coefficient (Wildman–Crippen LogP) is 2.68. The fourth-order valence-corrected chi connectivity index (χ4v) is 6.76. The van der Waals surface area contributed by atoms with Gasteiger partial charge in [0.15, 0.2) is 15.8 Å². The Morgan fingerprint density at radius 2 is 1.96 bits per heavy atom. The molecule has 2 atom stereocenters. The second-order valence-corrected chi connectivity index (χ2v) is 11.6. The van der Waals surface area contributed by atoms with Crippen LogP contribution in [0.2, 0.25) is 0 Å². The zero-order valence-corrected chi connectivity index (χ0v) is 16.9. The van der Waals surface area contributed by atoms with E-state index in [1.165, 1.54) is 32.1 Å². The molecule has 0 amide bonds. The fraction of sp³-hybridized carbons (Fsp3) is 0.947. The third kappa shape index (κ3) is 5.35. The standard InChI is InChI=1S/C19H35N3O2S/c1-15-10-19(2,3)14-22(12-15)18(21-17-6-4-5-7-17)20-11-16-8-9-25(23,24)13-16/h15-17H,4-14H2,1-3H3,(H,20,21). The Hall–Kier alpha value is -0.780. The van der Waals surface area contributed by atoms with Crippen LogP contribution in [0.1, 0.15) is 59.3 Å². The van der Waals surface area contributed by atoms with Gasteiger partial charge >= 0.3 is 0 Å². The van der Waals surface area contributed by atoms with Crippen molar-refractivity contribution in [2.24, 2.45) is 22.2 Å². The summed E-state index contributed by atoms with van der Waals surface area (Å²) in [5.74, 6) is 2.53. The van der Waals surface area contributed by atoms with Crippen molar-refractivity contribution in [3.8, 4) is 0 Å². The summed E-state index contributed by atoms with van der Waals surface area (Å²) < 4.78 is 23.4. The number of guanidine groups is 1. The van der Waals surface area contributed by atoms with E-state index in [2.05, 4.69) is 31.0 Å². The summed E-state index contributed by atoms with van der Waals surface area (Å²) >= 11 is 0. The van der Waals surface area contributed by atoms with Crippen molar-refractivity contribution in [1.29, 1.82) is 0 Å². The van der Waals surface area contributed by atoms with Gasteiger partial charge < -0.3 is 10.2 Å². The molecule has 0 aromatic rings. The Morgan fingerprint density at radius 3 is 2.56 bits per heavy atom. The SMILES string of the molecule is CC1CN(C(=NCC2CCS(=O)(=O)C2)NC2CCCC2)CC(C)(C)C1. The molecule has 3 fully saturated rings. The zero-order valence-electron chi connectivity index (χ0n) is 16.1. The van der Waals surface area contributed by atoms with Crippen molar-refractivity contribution >= 4 is 15.8 Å². The summed E-state index contributed by atoms with van der Waals surface area (Å²) in [4.78, 5) is 7.35. The second kappa shape index (κ2) is 7.45. The average molecular weight is 370 g/mol. The van der Waals surface area contributed by atoms with Crippen molar-refractivity contribution in [2.45, 2.75) is 65.3 Å². The third-order valence-corrected chi connectivity index (χ3v) is 7.70. The molecular formula is C19H35N3O2S. The van der Waals surface area contributed by atoms with Gasteiger partial charge in [-0.1, -0.05) is 33.6 Å². The first-order chi connectivity index (χ1) is 11.7. The predicted molar refractivity (Wildman–Crippen MR) is 104 cm³/mol. The Bertz CT molecular complexity index is 594. The largest absolute Gasteiger partial charge is 0.354 e. The van der Waals surface area contributed by atoms with E-state index >= 15 is 0 Å². The molecule has 0 radical (unpaired) electrons. The first-order valence-corrected chi connectivity index (χ1v) is 11.8. The van der Waals surface area contributed by atoms with Gasteiger partial charge in [-0.3, -0.25) is 4.99 Å². The first-order valence-electron chi connectivity index (χ1n) is 9.99. The Balaban J connectivity index is 1.71. The molecule has 25 heavy (non-hydrogen) atoms. The lowest BCUT2D eigenvalue weighted by Gasteiger charge is -2.43. The van der Waals surface area contributed by atoms with E-state index in [0.29, 0.717) is 35.4 Å². The fourth-order valence-electron chi connectivity index (χ4n) is 4.91. The molecule has 0 aromatic heterocycles. The normalized spacial score (nSPS) is 32.9. The molecule has 0 spiro atoms. The van der Waals surface area contributed by atoms with Crippen LogP contribution in [0.25, 0.3) is 0 Å². The molecule has 1 aliphatic carbocycles. The summed E-state index contributed by atoms with van der Waals surface area (Å²) in [6.45, 7) is 9.72. The zero-order chi connectivity index (χ0) is 18.1. The van der Waals surface area contributed by atoms with Crippen molar-refractivity contribution in [2.75, 3.05) is 31.1 Å². The van der Waals surface area contributed by atoms with Crippen LogP contribution in [-0.4, -0.2) is 56.5 Å². The van der Waals surface area contributed by atoms with E-state index in [9.17, 15) is 8.42 Å². The molecule has 0 aromatic carbocycles. The quantitative estimate of drug-likeness (QED) is 0.614. The molecule has 6 heteroatoms. The minimum atomic E-state index is -2.82. The van der Waals surface area contributed by atoms with Crippen LogP contribution in [0.15, 0.2) is 4.99 Å². The lowest BCUT2D eigenvalue weighted by Crippen LogP contribution is -2.53. The van der Waals surface area contributed by atoms with Crippen LogP contribution >= 0.6 is 0 Å². The minimum Gasteiger partial charge on any atom is -0.354 e. The Morgan fingerprint density at radius 1 is 1.24 bits per heavy atom. The lowest BCUT2D eigenvalue weighted by atomic mass is 9.79. The number of sulfone groups is 1. The Labute approximate surface area is 153 Å². The molecule has 5 nitrogen and oxygen atoms in total. The highest BCUT2D eigenvalue weighted by Crippen LogP contribution is 2.32. The van der Waals surface area contributed by atoms with Gasteiger partial charge in [-0.15, -0.1) is 0 Å². The third-order valence-electron chi connectivity index (χ3n) is 5.87. The van der Waals surface area contributed by atoms with Gasteiger partial charge in [0.1, 0.15) is 0 Å². The number of piperidine rings is 1. The van der Waals surface area contributed by atoms with Crippen molar-refractivity contribution in [3.05, 3.63) is 0 Å². The lowest BCUT2D eigenvalue weighted by molar-refractivity contribution is 0.128. The van der Waals surface area contributed by atoms with Crippen molar-refractivity contribution in [1.82, 2.24) is 10.2 Å².